The topological polar surface area (TPSA) is 89.9 Å². The number of alkyl halides is 3. The maximum absolute atomic E-state index is 12.9. The van der Waals surface area contributed by atoms with Gasteiger partial charge in [-0.1, -0.05) is 0 Å². The van der Waals surface area contributed by atoms with E-state index in [2.05, 4.69) is 5.32 Å². The average molecular weight is 298 g/mol. The van der Waals surface area contributed by atoms with E-state index in [-0.39, 0.29) is 13.1 Å². The molecule has 0 aromatic carbocycles. The number of nitrogens with one attached hydrogen (secondary N) is 1. The molecule has 0 aromatic heterocycles. The van der Waals surface area contributed by atoms with Gasteiger partial charge in [0.15, 0.2) is 0 Å². The molecule has 3 N–H and O–H groups in total. The van der Waals surface area contributed by atoms with Crippen LogP contribution >= 0.6 is 0 Å². The fourth-order valence-corrected chi connectivity index (χ4v) is 2.13. The molecule has 2 amide bonds. The van der Waals surface area contributed by atoms with Gasteiger partial charge in [-0.2, -0.15) is 13.2 Å². The SMILES string of the molecule is CN(C[C@H](O)CO)C(=O)C1CNC(=O)CC1C(F)(F)F. The van der Waals surface area contributed by atoms with Gasteiger partial charge in [0.2, 0.25) is 11.8 Å². The first kappa shape index (κ1) is 16.7. The van der Waals surface area contributed by atoms with Gasteiger partial charge in [-0.15, -0.1) is 0 Å². The molecule has 6 nitrogen and oxygen atoms in total. The summed E-state index contributed by atoms with van der Waals surface area (Å²) in [6, 6.07) is 0. The molecule has 0 aromatic rings. The van der Waals surface area contributed by atoms with Crippen LogP contribution in [0.5, 0.6) is 0 Å². The van der Waals surface area contributed by atoms with Crippen molar-refractivity contribution in [1.82, 2.24) is 10.2 Å². The van der Waals surface area contributed by atoms with Crippen LogP contribution in [0.25, 0.3) is 0 Å². The standard InChI is InChI=1S/C11H17F3N2O4/c1-16(4-6(18)5-17)10(20)7-3-15-9(19)2-8(7)11(12,13)14/h6-8,17-18H,2-5H2,1H3,(H,15,19)/t6-,7?,8?/m0/s1. The lowest BCUT2D eigenvalue weighted by Crippen LogP contribution is -2.53. The Kier molecular flexibility index (Phi) is 5.35. The molecule has 0 bridgehead atoms. The first-order valence-electron chi connectivity index (χ1n) is 6.04. The van der Waals surface area contributed by atoms with Crippen molar-refractivity contribution in [2.45, 2.75) is 18.7 Å². The highest BCUT2D eigenvalue weighted by Gasteiger charge is 2.50. The lowest BCUT2D eigenvalue weighted by atomic mass is 9.84. The first-order chi connectivity index (χ1) is 9.16. The summed E-state index contributed by atoms with van der Waals surface area (Å²) < 4.78 is 38.6. The van der Waals surface area contributed by atoms with Crippen molar-refractivity contribution in [3.05, 3.63) is 0 Å². The molecule has 0 spiro atoms. The number of nitrogens with zero attached hydrogens (tertiary/aromatic N) is 1. The van der Waals surface area contributed by atoms with Crippen LogP contribution in [0.1, 0.15) is 6.42 Å². The molecule has 1 aliphatic rings. The Morgan fingerprint density at radius 3 is 2.65 bits per heavy atom. The second kappa shape index (κ2) is 6.40. The smallest absolute Gasteiger partial charge is 0.393 e. The molecule has 9 heteroatoms. The number of hydrogen-bond donors (Lipinski definition) is 3. The Morgan fingerprint density at radius 2 is 2.15 bits per heavy atom. The number of rotatable bonds is 4. The summed E-state index contributed by atoms with van der Waals surface area (Å²) in [5.41, 5.74) is 0. The van der Waals surface area contributed by atoms with Crippen LogP contribution < -0.4 is 5.32 Å². The monoisotopic (exact) mass is 298 g/mol. The number of carbonyl (C=O) groups is 2. The fraction of sp³-hybridized carbons (Fsp3) is 0.818. The van der Waals surface area contributed by atoms with E-state index < -0.39 is 49.0 Å². The van der Waals surface area contributed by atoms with Crippen molar-refractivity contribution < 1.29 is 33.0 Å². The van der Waals surface area contributed by atoms with E-state index in [0.29, 0.717) is 0 Å². The highest BCUT2D eigenvalue weighted by Crippen LogP contribution is 2.37. The molecule has 1 rings (SSSR count). The third-order valence-electron chi connectivity index (χ3n) is 3.22. The average Bonchev–Trinajstić information content (AvgIpc) is 2.36. The third kappa shape index (κ3) is 4.07. The van der Waals surface area contributed by atoms with E-state index in [1.54, 1.807) is 0 Å². The predicted octanol–water partition coefficient (Wildman–Crippen LogP) is -0.887. The van der Waals surface area contributed by atoms with Gasteiger partial charge in [-0.05, 0) is 0 Å². The maximum atomic E-state index is 12.9. The van der Waals surface area contributed by atoms with Crippen LogP contribution in [0.15, 0.2) is 0 Å². The van der Waals surface area contributed by atoms with Gasteiger partial charge < -0.3 is 20.4 Å². The van der Waals surface area contributed by atoms with Crippen molar-refractivity contribution in [1.29, 1.82) is 0 Å². The van der Waals surface area contributed by atoms with Gasteiger partial charge in [-0.3, -0.25) is 9.59 Å². The highest BCUT2D eigenvalue weighted by atomic mass is 19.4. The minimum atomic E-state index is -4.64. The van der Waals surface area contributed by atoms with Crippen molar-refractivity contribution >= 4 is 11.8 Å². The summed E-state index contributed by atoms with van der Waals surface area (Å²) in [4.78, 5) is 24.0. The zero-order chi connectivity index (χ0) is 15.5. The Hall–Kier alpha value is -1.35. The molecule has 1 saturated heterocycles. The maximum Gasteiger partial charge on any atom is 0.393 e. The van der Waals surface area contributed by atoms with Crippen molar-refractivity contribution in [3.63, 3.8) is 0 Å². The number of aliphatic hydroxyl groups is 2. The molecule has 1 aliphatic heterocycles. The van der Waals surface area contributed by atoms with Gasteiger partial charge in [0.05, 0.1) is 24.5 Å². The summed E-state index contributed by atoms with van der Waals surface area (Å²) in [7, 11) is 1.24. The summed E-state index contributed by atoms with van der Waals surface area (Å²) in [5, 5.41) is 20.1. The quantitative estimate of drug-likeness (QED) is 0.628. The molecule has 3 atom stereocenters. The lowest BCUT2D eigenvalue weighted by Gasteiger charge is -2.34. The molecular formula is C11H17F3N2O4. The van der Waals surface area contributed by atoms with Crippen LogP contribution in [0.4, 0.5) is 13.2 Å². The van der Waals surface area contributed by atoms with E-state index >= 15 is 0 Å². The first-order valence-corrected chi connectivity index (χ1v) is 6.04. The number of halogens is 3. The normalized spacial score (nSPS) is 25.0. The molecule has 0 aliphatic carbocycles. The van der Waals surface area contributed by atoms with Crippen LogP contribution in [0, 0.1) is 11.8 Å². The zero-order valence-corrected chi connectivity index (χ0v) is 10.9. The van der Waals surface area contributed by atoms with Gasteiger partial charge in [-0.25, -0.2) is 0 Å². The second-order valence-corrected chi connectivity index (χ2v) is 4.82. The minimum absolute atomic E-state index is 0.273. The number of piperidine rings is 1. The fourth-order valence-electron chi connectivity index (χ4n) is 2.13. The molecule has 1 heterocycles. The van der Waals surface area contributed by atoms with Crippen molar-refractivity contribution in [2.24, 2.45) is 11.8 Å². The molecule has 116 valence electrons. The number of likely N-dealkylation sites (N-methyl/N-ethyl adjacent to an activating group) is 1. The van der Waals surface area contributed by atoms with E-state index in [1.165, 1.54) is 7.05 Å². The number of carbonyl (C=O) groups excluding carboxylic acids is 2. The van der Waals surface area contributed by atoms with Crippen LogP contribution in [-0.4, -0.2) is 66.0 Å². The number of hydrogen-bond acceptors (Lipinski definition) is 4. The molecule has 1 fully saturated rings. The number of aliphatic hydroxyl groups excluding tert-OH is 2. The second-order valence-electron chi connectivity index (χ2n) is 4.82. The Bertz CT molecular complexity index is 375. The van der Waals surface area contributed by atoms with Crippen molar-refractivity contribution in [3.8, 4) is 0 Å². The molecule has 2 unspecified atom stereocenters. The minimum Gasteiger partial charge on any atom is -0.394 e. The Labute approximate surface area is 113 Å². The van der Waals surface area contributed by atoms with E-state index in [4.69, 9.17) is 5.11 Å². The van der Waals surface area contributed by atoms with Gasteiger partial charge in [0.1, 0.15) is 0 Å². The van der Waals surface area contributed by atoms with Gasteiger partial charge in [0, 0.05) is 26.6 Å². The molecule has 0 saturated carbocycles. The molecular weight excluding hydrogens is 281 g/mol. The van der Waals surface area contributed by atoms with E-state index in [0.717, 1.165) is 4.90 Å². The number of amides is 2. The van der Waals surface area contributed by atoms with Crippen LogP contribution in [-0.2, 0) is 9.59 Å². The highest BCUT2D eigenvalue weighted by molar-refractivity contribution is 5.84. The van der Waals surface area contributed by atoms with Crippen molar-refractivity contribution in [2.75, 3.05) is 26.7 Å². The van der Waals surface area contributed by atoms with Crippen LogP contribution in [0.2, 0.25) is 0 Å². The summed E-state index contributed by atoms with van der Waals surface area (Å²) in [6.07, 6.45) is -6.64. The van der Waals surface area contributed by atoms with Crippen LogP contribution in [0.3, 0.4) is 0 Å². The summed E-state index contributed by atoms with van der Waals surface area (Å²) in [5.74, 6) is -5.00. The van der Waals surface area contributed by atoms with Gasteiger partial charge >= 0.3 is 6.18 Å². The summed E-state index contributed by atoms with van der Waals surface area (Å²) >= 11 is 0. The van der Waals surface area contributed by atoms with Gasteiger partial charge in [0.25, 0.3) is 0 Å². The molecule has 0 radical (unpaired) electrons. The predicted molar refractivity (Wildman–Crippen MR) is 61.4 cm³/mol. The molecule has 20 heavy (non-hydrogen) atoms. The van der Waals surface area contributed by atoms with E-state index in [1.807, 2.05) is 0 Å². The Morgan fingerprint density at radius 1 is 1.55 bits per heavy atom. The third-order valence-corrected chi connectivity index (χ3v) is 3.22. The summed E-state index contributed by atoms with van der Waals surface area (Å²) in [6.45, 7) is -1.26. The largest absolute Gasteiger partial charge is 0.394 e. The van der Waals surface area contributed by atoms with E-state index in [9.17, 15) is 27.9 Å². The lowest BCUT2D eigenvalue weighted by molar-refractivity contribution is -0.200. The zero-order valence-electron chi connectivity index (χ0n) is 10.9. The Balaban J connectivity index is 2.80.